The highest BCUT2D eigenvalue weighted by Gasteiger charge is 2.25. The maximum absolute atomic E-state index is 12.2. The summed E-state index contributed by atoms with van der Waals surface area (Å²) in [7, 11) is -3.57. The van der Waals surface area contributed by atoms with E-state index in [1.165, 1.54) is 10.6 Å². The van der Waals surface area contributed by atoms with Crippen molar-refractivity contribution in [2.45, 2.75) is 37.8 Å². The first-order valence-electron chi connectivity index (χ1n) is 6.09. The fourth-order valence-electron chi connectivity index (χ4n) is 1.61. The highest BCUT2D eigenvalue weighted by atomic mass is 32.2. The molecule has 0 aliphatic heterocycles. The van der Waals surface area contributed by atoms with E-state index in [-0.39, 0.29) is 11.7 Å². The second-order valence-corrected chi connectivity index (χ2v) is 5.86. The fourth-order valence-corrected chi connectivity index (χ4v) is 2.87. The van der Waals surface area contributed by atoms with Crippen molar-refractivity contribution >= 4 is 10.0 Å². The van der Waals surface area contributed by atoms with E-state index in [0.29, 0.717) is 6.54 Å². The van der Waals surface area contributed by atoms with Crippen LogP contribution in [0.4, 0.5) is 0 Å². The van der Waals surface area contributed by atoms with Crippen LogP contribution in [0.25, 0.3) is 0 Å². The second kappa shape index (κ2) is 7.27. The van der Waals surface area contributed by atoms with Crippen LogP contribution in [0.15, 0.2) is 24.1 Å². The molecule has 0 unspecified atom stereocenters. The van der Waals surface area contributed by atoms with Crippen molar-refractivity contribution in [2.75, 3.05) is 13.1 Å². The number of sulfonamides is 1. The van der Waals surface area contributed by atoms with Crippen molar-refractivity contribution in [3.63, 3.8) is 0 Å². The van der Waals surface area contributed by atoms with Crippen molar-refractivity contribution in [1.82, 2.24) is 19.5 Å². The number of H-pyrrole nitrogens is 1. The van der Waals surface area contributed by atoms with Crippen LogP contribution in [-0.2, 0) is 10.0 Å². The maximum Gasteiger partial charge on any atom is 0.278 e. The number of unbranched alkanes of at least 4 members (excludes halogenated alkanes) is 3. The first-order valence-corrected chi connectivity index (χ1v) is 7.53. The van der Waals surface area contributed by atoms with Crippen molar-refractivity contribution < 1.29 is 8.42 Å². The Balaban J connectivity index is 2.69. The van der Waals surface area contributed by atoms with Gasteiger partial charge in [0.15, 0.2) is 0 Å². The summed E-state index contributed by atoms with van der Waals surface area (Å²) in [4.78, 5) is 3.70. The van der Waals surface area contributed by atoms with Gasteiger partial charge in [-0.3, -0.25) is 0 Å². The fraction of sp³-hybridized carbons (Fsp3) is 0.636. The zero-order valence-corrected chi connectivity index (χ0v) is 11.5. The lowest BCUT2D eigenvalue weighted by Crippen LogP contribution is -2.33. The second-order valence-electron chi connectivity index (χ2n) is 4.00. The molecular formula is C11H20N4O2S. The average Bonchev–Trinajstić information content (AvgIpc) is 2.87. The molecule has 0 fully saturated rings. The molecule has 0 radical (unpaired) electrons. The van der Waals surface area contributed by atoms with Crippen LogP contribution in [0.3, 0.4) is 0 Å². The topological polar surface area (TPSA) is 79.0 Å². The zero-order valence-electron chi connectivity index (χ0n) is 10.7. The number of hydrogen-bond acceptors (Lipinski definition) is 4. The van der Waals surface area contributed by atoms with Crippen LogP contribution in [0.2, 0.25) is 0 Å². The number of nitrogens with zero attached hydrogens (tertiary/aromatic N) is 3. The molecule has 0 spiro atoms. The highest BCUT2D eigenvalue weighted by Crippen LogP contribution is 2.12. The minimum Gasteiger partial charge on any atom is -0.249 e. The van der Waals surface area contributed by atoms with E-state index in [9.17, 15) is 8.42 Å². The molecule has 0 atom stereocenters. The molecule has 0 aliphatic rings. The summed E-state index contributed by atoms with van der Waals surface area (Å²) in [6.45, 7) is 6.47. The summed E-state index contributed by atoms with van der Waals surface area (Å²) in [5.74, 6) is 0. The van der Waals surface area contributed by atoms with Gasteiger partial charge in [0.05, 0.1) is 0 Å². The van der Waals surface area contributed by atoms with Crippen molar-refractivity contribution in [3.05, 3.63) is 19.0 Å². The van der Waals surface area contributed by atoms with E-state index in [1.54, 1.807) is 6.08 Å². The van der Waals surface area contributed by atoms with Gasteiger partial charge in [-0.15, -0.1) is 6.58 Å². The summed E-state index contributed by atoms with van der Waals surface area (Å²) in [5, 5.41) is 5.85. The number of aromatic nitrogens is 3. The van der Waals surface area contributed by atoms with E-state index in [2.05, 4.69) is 28.7 Å². The van der Waals surface area contributed by atoms with Crippen LogP contribution in [0.5, 0.6) is 0 Å². The van der Waals surface area contributed by atoms with E-state index in [0.717, 1.165) is 25.7 Å². The molecule has 0 saturated carbocycles. The summed E-state index contributed by atoms with van der Waals surface area (Å²) >= 11 is 0. The highest BCUT2D eigenvalue weighted by molar-refractivity contribution is 7.88. The maximum atomic E-state index is 12.2. The van der Waals surface area contributed by atoms with Gasteiger partial charge in [0.1, 0.15) is 6.33 Å². The van der Waals surface area contributed by atoms with Gasteiger partial charge in [-0.05, 0) is 6.42 Å². The monoisotopic (exact) mass is 272 g/mol. The van der Waals surface area contributed by atoms with Crippen LogP contribution in [0, 0.1) is 0 Å². The Labute approximate surface area is 108 Å². The number of hydrogen-bond donors (Lipinski definition) is 1. The molecule has 6 nitrogen and oxygen atoms in total. The quantitative estimate of drug-likeness (QED) is 0.546. The third kappa shape index (κ3) is 3.92. The Bertz CT molecular complexity index is 442. The zero-order chi connectivity index (χ0) is 13.4. The Kier molecular flexibility index (Phi) is 6.00. The number of aromatic amines is 1. The summed E-state index contributed by atoms with van der Waals surface area (Å²) in [5.41, 5.74) is 0. The lowest BCUT2D eigenvalue weighted by Gasteiger charge is -2.18. The summed E-state index contributed by atoms with van der Waals surface area (Å²) in [6.07, 6.45) is 6.87. The molecule has 0 amide bonds. The van der Waals surface area contributed by atoms with Gasteiger partial charge in [0.25, 0.3) is 15.2 Å². The first kappa shape index (κ1) is 14.8. The van der Waals surface area contributed by atoms with Crippen LogP contribution < -0.4 is 0 Å². The molecule has 7 heteroatoms. The van der Waals surface area contributed by atoms with Crippen molar-refractivity contribution in [2.24, 2.45) is 0 Å². The number of rotatable bonds is 9. The molecular weight excluding hydrogens is 252 g/mol. The van der Waals surface area contributed by atoms with E-state index < -0.39 is 10.0 Å². The van der Waals surface area contributed by atoms with Crippen molar-refractivity contribution in [1.29, 1.82) is 0 Å². The summed E-state index contributed by atoms with van der Waals surface area (Å²) in [6, 6.07) is 0. The normalized spacial score (nSPS) is 11.9. The first-order chi connectivity index (χ1) is 8.62. The lowest BCUT2D eigenvalue weighted by molar-refractivity contribution is 0.422. The molecule has 1 N–H and O–H groups in total. The van der Waals surface area contributed by atoms with Gasteiger partial charge in [0.2, 0.25) is 0 Å². The summed E-state index contributed by atoms with van der Waals surface area (Å²) < 4.78 is 25.8. The minimum absolute atomic E-state index is 0.111. The molecule has 1 aromatic rings. The smallest absolute Gasteiger partial charge is 0.249 e. The Morgan fingerprint density at radius 3 is 2.78 bits per heavy atom. The lowest BCUT2D eigenvalue weighted by atomic mass is 10.2. The Morgan fingerprint density at radius 2 is 2.22 bits per heavy atom. The van der Waals surface area contributed by atoms with Gasteiger partial charge >= 0.3 is 0 Å². The van der Waals surface area contributed by atoms with Crippen LogP contribution >= 0.6 is 0 Å². The predicted octanol–water partition coefficient (Wildman–Crippen LogP) is 1.56. The molecule has 1 heterocycles. The van der Waals surface area contributed by atoms with Gasteiger partial charge in [-0.25, -0.2) is 18.5 Å². The van der Waals surface area contributed by atoms with Gasteiger partial charge < -0.3 is 0 Å². The Morgan fingerprint density at radius 1 is 1.44 bits per heavy atom. The van der Waals surface area contributed by atoms with Gasteiger partial charge in [-0.1, -0.05) is 32.3 Å². The van der Waals surface area contributed by atoms with Crippen LogP contribution in [-0.4, -0.2) is 41.0 Å². The largest absolute Gasteiger partial charge is 0.278 e. The number of nitrogens with one attached hydrogen (secondary N) is 1. The SMILES string of the molecule is C=CCN(CCCCCC)S(=O)(=O)c1ncn[nH]1. The molecule has 102 valence electrons. The minimum atomic E-state index is -3.57. The molecule has 1 rings (SSSR count). The van der Waals surface area contributed by atoms with Gasteiger partial charge in [-0.2, -0.15) is 9.40 Å². The van der Waals surface area contributed by atoms with E-state index in [1.807, 2.05) is 0 Å². The van der Waals surface area contributed by atoms with E-state index >= 15 is 0 Å². The Hall–Kier alpha value is -1.21. The molecule has 0 bridgehead atoms. The van der Waals surface area contributed by atoms with Gasteiger partial charge in [0, 0.05) is 13.1 Å². The third-order valence-corrected chi connectivity index (χ3v) is 4.27. The third-order valence-electron chi connectivity index (χ3n) is 2.57. The average molecular weight is 272 g/mol. The predicted molar refractivity (Wildman–Crippen MR) is 69.5 cm³/mol. The standard InChI is InChI=1S/C11H20N4O2S/c1-3-5-6-7-9-15(8-4-2)18(16,17)11-12-10-13-14-11/h4,10H,2-3,5-9H2,1H3,(H,12,13,14). The van der Waals surface area contributed by atoms with Crippen molar-refractivity contribution in [3.8, 4) is 0 Å². The van der Waals surface area contributed by atoms with Crippen LogP contribution in [0.1, 0.15) is 32.6 Å². The molecule has 0 saturated heterocycles. The molecule has 18 heavy (non-hydrogen) atoms. The molecule has 0 aliphatic carbocycles. The van der Waals surface area contributed by atoms with E-state index in [4.69, 9.17) is 0 Å². The molecule has 1 aromatic heterocycles. The molecule has 0 aromatic carbocycles.